The molecular formula is C14H14BrN3. The van der Waals surface area contributed by atoms with Gasteiger partial charge in [0, 0.05) is 25.8 Å². The number of benzene rings is 1. The van der Waals surface area contributed by atoms with Crippen LogP contribution in [0.1, 0.15) is 16.7 Å². The average molecular weight is 304 g/mol. The smallest absolute Gasteiger partial charge is 0.140 e. The summed E-state index contributed by atoms with van der Waals surface area (Å²) in [6.45, 7) is 2.77. The minimum atomic E-state index is 0.795. The van der Waals surface area contributed by atoms with Crippen molar-refractivity contribution in [2.45, 2.75) is 19.6 Å². The first-order chi connectivity index (χ1) is 8.83. The second-order valence-corrected chi connectivity index (χ2v) is 5.25. The molecule has 0 radical (unpaired) electrons. The van der Waals surface area contributed by atoms with Crippen LogP contribution in [0.5, 0.6) is 0 Å². The second kappa shape index (κ2) is 5.08. The van der Waals surface area contributed by atoms with Crippen molar-refractivity contribution in [2.24, 2.45) is 0 Å². The lowest BCUT2D eigenvalue weighted by Crippen LogP contribution is -2.02. The summed E-state index contributed by atoms with van der Waals surface area (Å²) in [5.74, 6) is 0.885. The average Bonchev–Trinajstić information content (AvgIpc) is 2.85. The molecule has 0 spiro atoms. The molecule has 0 saturated heterocycles. The summed E-state index contributed by atoms with van der Waals surface area (Å²) in [5, 5.41) is 6.70. The molecule has 2 N–H and O–H groups in total. The van der Waals surface area contributed by atoms with Crippen LogP contribution in [-0.2, 0) is 19.6 Å². The molecule has 18 heavy (non-hydrogen) atoms. The molecule has 0 saturated carbocycles. The molecule has 2 aromatic rings. The molecule has 3 nitrogen and oxygen atoms in total. The van der Waals surface area contributed by atoms with E-state index in [1.807, 2.05) is 12.1 Å². The number of rotatable bonds is 3. The Kier molecular flexibility index (Phi) is 3.30. The normalized spacial score (nSPS) is 13.4. The summed E-state index contributed by atoms with van der Waals surface area (Å²) < 4.78 is 0.993. The number of pyridine rings is 1. The molecule has 4 heteroatoms. The number of hydrogen-bond donors (Lipinski definition) is 2. The molecular weight excluding hydrogens is 290 g/mol. The van der Waals surface area contributed by atoms with Crippen LogP contribution in [-0.4, -0.2) is 4.98 Å². The lowest BCUT2D eigenvalue weighted by molar-refractivity contribution is 0.764. The van der Waals surface area contributed by atoms with Gasteiger partial charge in [-0.1, -0.05) is 18.2 Å². The van der Waals surface area contributed by atoms with Gasteiger partial charge in [0.05, 0.1) is 4.47 Å². The predicted molar refractivity (Wildman–Crippen MR) is 76.2 cm³/mol. The second-order valence-electron chi connectivity index (χ2n) is 4.39. The van der Waals surface area contributed by atoms with Crippen molar-refractivity contribution in [3.63, 3.8) is 0 Å². The number of aromatic nitrogens is 1. The Labute approximate surface area is 115 Å². The highest BCUT2D eigenvalue weighted by atomic mass is 79.9. The van der Waals surface area contributed by atoms with Gasteiger partial charge in [-0.15, -0.1) is 0 Å². The van der Waals surface area contributed by atoms with Crippen molar-refractivity contribution in [3.05, 3.63) is 57.7 Å². The van der Waals surface area contributed by atoms with Gasteiger partial charge in [-0.25, -0.2) is 4.98 Å². The fourth-order valence-electron chi connectivity index (χ4n) is 2.16. The summed E-state index contributed by atoms with van der Waals surface area (Å²) in [6, 6.07) is 10.5. The molecule has 1 aromatic heterocycles. The zero-order valence-corrected chi connectivity index (χ0v) is 11.5. The van der Waals surface area contributed by atoms with E-state index in [1.54, 1.807) is 6.20 Å². The van der Waals surface area contributed by atoms with E-state index in [9.17, 15) is 0 Å². The highest BCUT2D eigenvalue weighted by Crippen LogP contribution is 2.21. The van der Waals surface area contributed by atoms with Crippen LogP contribution >= 0.6 is 15.9 Å². The molecule has 0 aliphatic carbocycles. The molecule has 0 bridgehead atoms. The quantitative estimate of drug-likeness (QED) is 0.915. The maximum atomic E-state index is 4.30. The monoisotopic (exact) mass is 303 g/mol. The zero-order valence-electron chi connectivity index (χ0n) is 9.91. The molecule has 0 unspecified atom stereocenters. The third kappa shape index (κ3) is 2.40. The standard InChI is InChI=1S/C14H14BrN3/c15-13-2-1-5-17-14(13)18-7-10-3-4-11-8-16-9-12(11)6-10/h1-6,16H,7-9H2,(H,17,18). The largest absolute Gasteiger partial charge is 0.365 e. The van der Waals surface area contributed by atoms with Crippen LogP contribution in [0.25, 0.3) is 0 Å². The van der Waals surface area contributed by atoms with E-state index >= 15 is 0 Å². The molecule has 1 aliphatic heterocycles. The Morgan fingerprint density at radius 2 is 2.11 bits per heavy atom. The van der Waals surface area contributed by atoms with Crippen molar-refractivity contribution in [1.82, 2.24) is 10.3 Å². The van der Waals surface area contributed by atoms with E-state index in [0.29, 0.717) is 0 Å². The van der Waals surface area contributed by atoms with Crippen molar-refractivity contribution < 1.29 is 0 Å². The number of hydrogen-bond acceptors (Lipinski definition) is 3. The van der Waals surface area contributed by atoms with Gasteiger partial charge in [0.1, 0.15) is 5.82 Å². The SMILES string of the molecule is Brc1cccnc1NCc1ccc2c(c1)CNC2. The maximum Gasteiger partial charge on any atom is 0.140 e. The number of nitrogens with one attached hydrogen (secondary N) is 2. The molecule has 1 aliphatic rings. The molecule has 3 rings (SSSR count). The van der Waals surface area contributed by atoms with Crippen molar-refractivity contribution >= 4 is 21.7 Å². The Balaban J connectivity index is 1.72. The van der Waals surface area contributed by atoms with E-state index in [2.05, 4.69) is 49.7 Å². The molecule has 0 amide bonds. The Bertz CT molecular complexity index is 569. The molecule has 0 fully saturated rings. The molecule has 1 aromatic carbocycles. The lowest BCUT2D eigenvalue weighted by atomic mass is 10.1. The van der Waals surface area contributed by atoms with Gasteiger partial charge < -0.3 is 10.6 Å². The first kappa shape index (κ1) is 11.7. The van der Waals surface area contributed by atoms with E-state index in [-0.39, 0.29) is 0 Å². The van der Waals surface area contributed by atoms with Crippen LogP contribution in [0.15, 0.2) is 41.0 Å². The zero-order chi connectivity index (χ0) is 12.4. The van der Waals surface area contributed by atoms with Gasteiger partial charge >= 0.3 is 0 Å². The first-order valence-electron chi connectivity index (χ1n) is 5.99. The van der Waals surface area contributed by atoms with Gasteiger partial charge in [0.2, 0.25) is 0 Å². The van der Waals surface area contributed by atoms with Crippen molar-refractivity contribution in [2.75, 3.05) is 5.32 Å². The first-order valence-corrected chi connectivity index (χ1v) is 6.78. The Hall–Kier alpha value is -1.39. The molecule has 2 heterocycles. The number of fused-ring (bicyclic) bond motifs is 1. The van der Waals surface area contributed by atoms with Crippen LogP contribution in [0.4, 0.5) is 5.82 Å². The summed E-state index contributed by atoms with van der Waals surface area (Å²) in [5.41, 5.74) is 4.11. The van der Waals surface area contributed by atoms with E-state index in [0.717, 1.165) is 29.9 Å². The van der Waals surface area contributed by atoms with Crippen LogP contribution in [0, 0.1) is 0 Å². The van der Waals surface area contributed by atoms with E-state index < -0.39 is 0 Å². The number of halogens is 1. The summed E-state index contributed by atoms with van der Waals surface area (Å²) >= 11 is 3.48. The third-order valence-corrected chi connectivity index (χ3v) is 3.76. The summed E-state index contributed by atoms with van der Waals surface area (Å²) in [7, 11) is 0. The third-order valence-electron chi connectivity index (χ3n) is 3.12. The highest BCUT2D eigenvalue weighted by Gasteiger charge is 2.09. The van der Waals surface area contributed by atoms with E-state index in [4.69, 9.17) is 0 Å². The predicted octanol–water partition coefficient (Wildman–Crippen LogP) is 3.06. The van der Waals surface area contributed by atoms with Crippen LogP contribution in [0.2, 0.25) is 0 Å². The van der Waals surface area contributed by atoms with Gasteiger partial charge in [0.25, 0.3) is 0 Å². The fraction of sp³-hybridized carbons (Fsp3) is 0.214. The highest BCUT2D eigenvalue weighted by molar-refractivity contribution is 9.10. The number of anilines is 1. The maximum absolute atomic E-state index is 4.30. The van der Waals surface area contributed by atoms with Gasteiger partial charge in [-0.2, -0.15) is 0 Å². The van der Waals surface area contributed by atoms with Crippen molar-refractivity contribution in [3.8, 4) is 0 Å². The van der Waals surface area contributed by atoms with Crippen LogP contribution in [0.3, 0.4) is 0 Å². The number of nitrogens with zero attached hydrogens (tertiary/aromatic N) is 1. The molecule has 92 valence electrons. The minimum absolute atomic E-state index is 0.795. The van der Waals surface area contributed by atoms with Crippen molar-refractivity contribution in [1.29, 1.82) is 0 Å². The van der Waals surface area contributed by atoms with Gasteiger partial charge in [-0.05, 0) is 44.8 Å². The molecule has 0 atom stereocenters. The van der Waals surface area contributed by atoms with Crippen LogP contribution < -0.4 is 10.6 Å². The topological polar surface area (TPSA) is 37.0 Å². The minimum Gasteiger partial charge on any atom is -0.365 e. The summed E-state index contributed by atoms with van der Waals surface area (Å²) in [4.78, 5) is 4.30. The lowest BCUT2D eigenvalue weighted by Gasteiger charge is -2.08. The van der Waals surface area contributed by atoms with Gasteiger partial charge in [0.15, 0.2) is 0 Å². The fourth-order valence-corrected chi connectivity index (χ4v) is 2.55. The summed E-state index contributed by atoms with van der Waals surface area (Å²) in [6.07, 6.45) is 1.79. The Morgan fingerprint density at radius 1 is 1.22 bits per heavy atom. The Morgan fingerprint density at radius 3 is 3.00 bits per heavy atom. The van der Waals surface area contributed by atoms with Gasteiger partial charge in [-0.3, -0.25) is 0 Å². The van der Waals surface area contributed by atoms with E-state index in [1.165, 1.54) is 16.7 Å².